The summed E-state index contributed by atoms with van der Waals surface area (Å²) >= 11 is 0. The summed E-state index contributed by atoms with van der Waals surface area (Å²) in [6.07, 6.45) is 71.4. The number of rotatable bonds is 50. The van der Waals surface area contributed by atoms with E-state index >= 15 is 0 Å². The molecule has 0 rings (SSSR count). The SMILES string of the molecule is CC/C=C\C/C=C\C/C=C\C/C=C\C/C=C\CCCCCCCC(=O)OCC(COC(=O)CCCCCCC/C=C\CCCCCCC)OC(=O)CCCCCCC/C=C\CCCCCCC. The number of allylic oxidation sites excluding steroid dienone is 14. The van der Waals surface area contributed by atoms with Crippen molar-refractivity contribution in [1.29, 1.82) is 0 Å². The molecule has 0 aromatic heterocycles. The summed E-state index contributed by atoms with van der Waals surface area (Å²) in [6, 6.07) is 0. The largest absolute Gasteiger partial charge is 0.462 e. The molecule has 0 aromatic carbocycles. The van der Waals surface area contributed by atoms with Crippen molar-refractivity contribution in [2.45, 2.75) is 271 Å². The van der Waals surface area contributed by atoms with E-state index in [0.29, 0.717) is 19.3 Å². The molecule has 0 aliphatic carbocycles. The van der Waals surface area contributed by atoms with E-state index in [-0.39, 0.29) is 31.1 Å². The summed E-state index contributed by atoms with van der Waals surface area (Å²) < 4.78 is 16.8. The van der Waals surface area contributed by atoms with Crippen LogP contribution in [-0.2, 0) is 28.6 Å². The van der Waals surface area contributed by atoms with Crippen LogP contribution >= 0.6 is 0 Å². The zero-order valence-corrected chi connectivity index (χ0v) is 43.9. The fourth-order valence-corrected chi connectivity index (χ4v) is 7.63. The fourth-order valence-electron chi connectivity index (χ4n) is 7.63. The lowest BCUT2D eigenvalue weighted by molar-refractivity contribution is -0.167. The Hall–Kier alpha value is -3.41. The molecule has 0 fully saturated rings. The van der Waals surface area contributed by atoms with E-state index in [2.05, 4.69) is 106 Å². The standard InChI is InChI=1S/C61H104O6/c1-4-7-10-13-16-19-22-25-28-29-30-31-32-33-34-37-39-42-45-48-51-54-60(63)66-57-58(67-61(64)55-52-49-46-43-40-36-27-24-21-18-15-12-9-6-3)56-65-59(62)53-50-47-44-41-38-35-26-23-20-17-14-11-8-5-2/h7,10,16,19,23-28,30-31,33-34,58H,4-6,8-9,11-15,17-18,20-22,29,32,35-57H2,1-3H3/b10-7-,19-16-,26-23-,27-24-,28-25-,31-30-,34-33-. The first kappa shape index (κ1) is 63.6. The molecule has 6 nitrogen and oxygen atoms in total. The maximum absolute atomic E-state index is 12.8. The van der Waals surface area contributed by atoms with Gasteiger partial charge in [0.2, 0.25) is 0 Å². The average Bonchev–Trinajstić information content (AvgIpc) is 3.33. The van der Waals surface area contributed by atoms with E-state index in [9.17, 15) is 14.4 Å². The van der Waals surface area contributed by atoms with Crippen LogP contribution in [0.5, 0.6) is 0 Å². The molecule has 0 bridgehead atoms. The number of hydrogen-bond acceptors (Lipinski definition) is 6. The van der Waals surface area contributed by atoms with Crippen molar-refractivity contribution in [3.8, 4) is 0 Å². The molecule has 0 saturated carbocycles. The van der Waals surface area contributed by atoms with Gasteiger partial charge in [0, 0.05) is 19.3 Å². The molecule has 67 heavy (non-hydrogen) atoms. The van der Waals surface area contributed by atoms with Crippen molar-refractivity contribution in [3.63, 3.8) is 0 Å². The number of hydrogen-bond donors (Lipinski definition) is 0. The Kier molecular flexibility index (Phi) is 52.4. The monoisotopic (exact) mass is 933 g/mol. The van der Waals surface area contributed by atoms with Crippen LogP contribution in [0.1, 0.15) is 265 Å². The number of ether oxygens (including phenoxy) is 3. The smallest absolute Gasteiger partial charge is 0.306 e. The van der Waals surface area contributed by atoms with Gasteiger partial charge >= 0.3 is 17.9 Å². The molecule has 0 aliphatic rings. The van der Waals surface area contributed by atoms with E-state index in [1.54, 1.807) is 0 Å². The maximum atomic E-state index is 12.8. The Morgan fingerprint density at radius 1 is 0.313 bits per heavy atom. The van der Waals surface area contributed by atoms with Gasteiger partial charge in [-0.3, -0.25) is 14.4 Å². The first-order valence-corrected chi connectivity index (χ1v) is 28.1. The minimum atomic E-state index is -0.792. The van der Waals surface area contributed by atoms with Crippen molar-refractivity contribution in [2.75, 3.05) is 13.2 Å². The Labute approximate surface area is 414 Å². The van der Waals surface area contributed by atoms with Crippen LogP contribution in [0.3, 0.4) is 0 Å². The predicted octanol–water partition coefficient (Wildman–Crippen LogP) is 18.8. The maximum Gasteiger partial charge on any atom is 0.306 e. The van der Waals surface area contributed by atoms with Crippen molar-refractivity contribution < 1.29 is 28.6 Å². The quantitative estimate of drug-likeness (QED) is 0.0262. The number of carbonyl (C=O) groups excluding carboxylic acids is 3. The fraction of sp³-hybridized carbons (Fsp3) is 0.721. The van der Waals surface area contributed by atoms with Gasteiger partial charge in [-0.05, 0) is 116 Å². The van der Waals surface area contributed by atoms with Crippen LogP contribution in [0.4, 0.5) is 0 Å². The normalized spacial score (nSPS) is 12.7. The van der Waals surface area contributed by atoms with Gasteiger partial charge in [0.05, 0.1) is 0 Å². The highest BCUT2D eigenvalue weighted by Crippen LogP contribution is 2.14. The van der Waals surface area contributed by atoms with Gasteiger partial charge in [0.25, 0.3) is 0 Å². The Bertz CT molecular complexity index is 1300. The molecule has 1 unspecified atom stereocenters. The molecule has 0 heterocycles. The lowest BCUT2D eigenvalue weighted by Gasteiger charge is -2.18. The van der Waals surface area contributed by atoms with E-state index in [1.807, 2.05) is 0 Å². The molecular formula is C61H104O6. The number of unbranched alkanes of at least 4 members (excludes halogenated alkanes) is 25. The Balaban J connectivity index is 4.42. The summed E-state index contributed by atoms with van der Waals surface area (Å²) in [5.41, 5.74) is 0. The van der Waals surface area contributed by atoms with Gasteiger partial charge in [-0.1, -0.05) is 215 Å². The van der Waals surface area contributed by atoms with Crippen LogP contribution in [0.15, 0.2) is 85.1 Å². The first-order valence-electron chi connectivity index (χ1n) is 28.1. The van der Waals surface area contributed by atoms with Gasteiger partial charge in [-0.25, -0.2) is 0 Å². The minimum Gasteiger partial charge on any atom is -0.462 e. The molecule has 0 saturated heterocycles. The molecule has 0 radical (unpaired) electrons. The molecule has 0 amide bonds. The van der Waals surface area contributed by atoms with Gasteiger partial charge in [0.15, 0.2) is 6.10 Å². The van der Waals surface area contributed by atoms with Crippen molar-refractivity contribution >= 4 is 17.9 Å². The van der Waals surface area contributed by atoms with Crippen LogP contribution in [0.25, 0.3) is 0 Å². The highest BCUT2D eigenvalue weighted by atomic mass is 16.6. The number of carbonyl (C=O) groups is 3. The van der Waals surface area contributed by atoms with E-state index in [4.69, 9.17) is 14.2 Å². The van der Waals surface area contributed by atoms with Crippen LogP contribution in [0.2, 0.25) is 0 Å². The topological polar surface area (TPSA) is 78.9 Å². The van der Waals surface area contributed by atoms with Crippen molar-refractivity contribution in [3.05, 3.63) is 85.1 Å². The summed E-state index contributed by atoms with van der Waals surface area (Å²) in [5, 5.41) is 0. The summed E-state index contributed by atoms with van der Waals surface area (Å²) in [4.78, 5) is 38.1. The third-order valence-electron chi connectivity index (χ3n) is 11.9. The summed E-state index contributed by atoms with van der Waals surface area (Å²) in [7, 11) is 0. The zero-order valence-electron chi connectivity index (χ0n) is 43.9. The molecule has 0 N–H and O–H groups in total. The van der Waals surface area contributed by atoms with Gasteiger partial charge in [0.1, 0.15) is 13.2 Å². The molecule has 0 aliphatic heterocycles. The van der Waals surface area contributed by atoms with E-state index in [0.717, 1.165) is 128 Å². The minimum absolute atomic E-state index is 0.0903. The highest BCUT2D eigenvalue weighted by molar-refractivity contribution is 5.71. The van der Waals surface area contributed by atoms with E-state index < -0.39 is 6.10 Å². The van der Waals surface area contributed by atoms with Gasteiger partial charge in [-0.15, -0.1) is 0 Å². The summed E-state index contributed by atoms with van der Waals surface area (Å²) in [6.45, 7) is 6.48. The molecule has 0 aromatic rings. The Morgan fingerprint density at radius 3 is 0.925 bits per heavy atom. The van der Waals surface area contributed by atoms with Crippen LogP contribution < -0.4 is 0 Å². The first-order chi connectivity index (χ1) is 33.0. The second kappa shape index (κ2) is 55.2. The van der Waals surface area contributed by atoms with Gasteiger partial charge < -0.3 is 14.2 Å². The highest BCUT2D eigenvalue weighted by Gasteiger charge is 2.19. The molecule has 0 spiro atoms. The molecule has 384 valence electrons. The summed E-state index contributed by atoms with van der Waals surface area (Å²) in [5.74, 6) is -0.923. The second-order valence-corrected chi connectivity index (χ2v) is 18.5. The zero-order chi connectivity index (χ0) is 48.6. The Morgan fingerprint density at radius 2 is 0.582 bits per heavy atom. The molecule has 6 heteroatoms. The average molecular weight is 933 g/mol. The van der Waals surface area contributed by atoms with E-state index in [1.165, 1.54) is 96.3 Å². The van der Waals surface area contributed by atoms with Gasteiger partial charge in [-0.2, -0.15) is 0 Å². The lowest BCUT2D eigenvalue weighted by atomic mass is 10.1. The lowest BCUT2D eigenvalue weighted by Crippen LogP contribution is -2.30. The molecular weight excluding hydrogens is 829 g/mol. The molecule has 1 atom stereocenters. The second-order valence-electron chi connectivity index (χ2n) is 18.5. The van der Waals surface area contributed by atoms with Crippen LogP contribution in [0, 0.1) is 0 Å². The number of esters is 3. The third kappa shape index (κ3) is 53.4. The van der Waals surface area contributed by atoms with Crippen LogP contribution in [-0.4, -0.2) is 37.2 Å². The van der Waals surface area contributed by atoms with Crippen molar-refractivity contribution in [1.82, 2.24) is 0 Å². The third-order valence-corrected chi connectivity index (χ3v) is 11.9. The van der Waals surface area contributed by atoms with Crippen molar-refractivity contribution in [2.24, 2.45) is 0 Å². The predicted molar refractivity (Wildman–Crippen MR) is 288 cm³/mol.